The zero-order valence-electron chi connectivity index (χ0n) is 15.3. The number of fused-ring (bicyclic) bond motifs is 2. The van der Waals surface area contributed by atoms with E-state index in [9.17, 15) is 9.59 Å². The van der Waals surface area contributed by atoms with Crippen LogP contribution in [0.4, 0.5) is 0 Å². The van der Waals surface area contributed by atoms with Crippen LogP contribution in [0.15, 0.2) is 61.2 Å². The minimum absolute atomic E-state index is 0.178. The fourth-order valence-corrected chi connectivity index (χ4v) is 4.35. The normalized spacial score (nSPS) is 20.0. The second-order valence-corrected chi connectivity index (χ2v) is 7.64. The summed E-state index contributed by atoms with van der Waals surface area (Å²) in [7, 11) is 0. The van der Waals surface area contributed by atoms with Crippen LogP contribution in [0, 0.1) is 0 Å². The lowest BCUT2D eigenvalue weighted by molar-refractivity contribution is -0.00306. The number of amides is 1. The SMILES string of the molecule is O=C1O[C@]2(CCN(C(=O)c3ccc(-c4cncnc4)cc3Cl)C2)c2ccccc21. The highest BCUT2D eigenvalue weighted by molar-refractivity contribution is 6.34. The van der Waals surface area contributed by atoms with E-state index in [1.54, 1.807) is 35.5 Å². The highest BCUT2D eigenvalue weighted by atomic mass is 35.5. The smallest absolute Gasteiger partial charge is 0.339 e. The molecule has 2 aliphatic heterocycles. The molecule has 7 heteroatoms. The van der Waals surface area contributed by atoms with Crippen molar-refractivity contribution in [3.05, 3.63) is 82.9 Å². The summed E-state index contributed by atoms with van der Waals surface area (Å²) in [4.78, 5) is 35.1. The lowest BCUT2D eigenvalue weighted by Crippen LogP contribution is -2.34. The van der Waals surface area contributed by atoms with Crippen molar-refractivity contribution >= 4 is 23.5 Å². The van der Waals surface area contributed by atoms with Crippen LogP contribution in [-0.2, 0) is 10.3 Å². The average molecular weight is 406 g/mol. The molecule has 1 fully saturated rings. The van der Waals surface area contributed by atoms with Crippen molar-refractivity contribution < 1.29 is 14.3 Å². The van der Waals surface area contributed by atoms with Gasteiger partial charge in [-0.15, -0.1) is 0 Å². The van der Waals surface area contributed by atoms with Gasteiger partial charge < -0.3 is 9.64 Å². The van der Waals surface area contributed by atoms with E-state index in [2.05, 4.69) is 9.97 Å². The molecular formula is C22H16ClN3O3. The van der Waals surface area contributed by atoms with Crippen molar-refractivity contribution in [3.8, 4) is 11.1 Å². The molecule has 3 heterocycles. The van der Waals surface area contributed by atoms with Crippen molar-refractivity contribution in [2.45, 2.75) is 12.0 Å². The maximum absolute atomic E-state index is 13.1. The first-order valence-corrected chi connectivity index (χ1v) is 9.62. The van der Waals surface area contributed by atoms with Crippen LogP contribution in [0.1, 0.15) is 32.7 Å². The summed E-state index contributed by atoms with van der Waals surface area (Å²) in [5, 5.41) is 0.362. The van der Waals surface area contributed by atoms with Crippen molar-refractivity contribution in [1.29, 1.82) is 0 Å². The molecule has 1 aromatic heterocycles. The third-order valence-electron chi connectivity index (χ3n) is 5.54. The van der Waals surface area contributed by atoms with Gasteiger partial charge in [-0.1, -0.05) is 35.9 Å². The van der Waals surface area contributed by atoms with Gasteiger partial charge >= 0.3 is 5.97 Å². The van der Waals surface area contributed by atoms with Gasteiger partial charge in [-0.25, -0.2) is 14.8 Å². The van der Waals surface area contributed by atoms with Crippen LogP contribution >= 0.6 is 11.6 Å². The minimum atomic E-state index is -0.767. The molecule has 0 radical (unpaired) electrons. The Morgan fingerprint density at radius 3 is 2.69 bits per heavy atom. The van der Waals surface area contributed by atoms with Crippen molar-refractivity contribution in [3.63, 3.8) is 0 Å². The van der Waals surface area contributed by atoms with Crippen LogP contribution in [0.5, 0.6) is 0 Å². The third-order valence-corrected chi connectivity index (χ3v) is 5.85. The van der Waals surface area contributed by atoms with E-state index in [4.69, 9.17) is 16.3 Å². The summed E-state index contributed by atoms with van der Waals surface area (Å²) in [6.07, 6.45) is 5.41. The second kappa shape index (κ2) is 6.67. The first-order chi connectivity index (χ1) is 14.1. The molecule has 6 nitrogen and oxygen atoms in total. The first kappa shape index (κ1) is 17.8. The number of carbonyl (C=O) groups excluding carboxylic acids is 2. The number of ether oxygens (including phenoxy) is 1. The summed E-state index contributed by atoms with van der Waals surface area (Å²) in [5.41, 5.74) is 2.74. The number of hydrogen-bond acceptors (Lipinski definition) is 5. The Kier molecular flexibility index (Phi) is 4.10. The molecule has 3 aromatic rings. The third kappa shape index (κ3) is 2.87. The van der Waals surface area contributed by atoms with Gasteiger partial charge in [0, 0.05) is 36.5 Å². The fraction of sp³-hybridized carbons (Fsp3) is 0.182. The Hall–Kier alpha value is -3.25. The monoisotopic (exact) mass is 405 g/mol. The van der Waals surface area contributed by atoms with Gasteiger partial charge in [-0.3, -0.25) is 4.79 Å². The average Bonchev–Trinajstić information content (AvgIpc) is 3.30. The van der Waals surface area contributed by atoms with Gasteiger partial charge in [-0.2, -0.15) is 0 Å². The molecule has 1 spiro atoms. The number of carbonyl (C=O) groups is 2. The molecule has 0 N–H and O–H groups in total. The number of aromatic nitrogens is 2. The number of hydrogen-bond donors (Lipinski definition) is 0. The highest BCUT2D eigenvalue weighted by Crippen LogP contribution is 2.43. The number of likely N-dealkylation sites (tertiary alicyclic amines) is 1. The Morgan fingerprint density at radius 1 is 1.10 bits per heavy atom. The Labute approximate surface area is 172 Å². The van der Waals surface area contributed by atoms with Crippen molar-refractivity contribution in [2.75, 3.05) is 13.1 Å². The van der Waals surface area contributed by atoms with E-state index >= 15 is 0 Å². The van der Waals surface area contributed by atoms with E-state index < -0.39 is 5.60 Å². The number of benzene rings is 2. The standard InChI is InChI=1S/C22H16ClN3O3/c23-19-9-14(15-10-24-13-25-11-15)5-6-17(19)20(27)26-8-7-22(12-26)18-4-2-1-3-16(18)21(28)29-22/h1-6,9-11,13H,7-8,12H2/t22-/m0/s1. The summed E-state index contributed by atoms with van der Waals surface area (Å²) in [6, 6.07) is 12.6. The quantitative estimate of drug-likeness (QED) is 0.608. The van der Waals surface area contributed by atoms with Gasteiger partial charge in [-0.05, 0) is 23.8 Å². The van der Waals surface area contributed by atoms with E-state index in [-0.39, 0.29) is 11.9 Å². The molecule has 2 aliphatic rings. The molecule has 1 saturated heterocycles. The second-order valence-electron chi connectivity index (χ2n) is 7.23. The van der Waals surface area contributed by atoms with E-state index in [0.717, 1.165) is 16.7 Å². The number of nitrogens with zero attached hydrogens (tertiary/aromatic N) is 3. The van der Waals surface area contributed by atoms with Gasteiger partial charge in [0.2, 0.25) is 0 Å². The van der Waals surface area contributed by atoms with Crippen molar-refractivity contribution in [1.82, 2.24) is 14.9 Å². The molecule has 0 unspecified atom stereocenters. The summed E-state index contributed by atoms with van der Waals surface area (Å²) in [5.74, 6) is -0.509. The Morgan fingerprint density at radius 2 is 1.90 bits per heavy atom. The minimum Gasteiger partial charge on any atom is -0.449 e. The maximum atomic E-state index is 13.1. The molecule has 0 bridgehead atoms. The van der Waals surface area contributed by atoms with Crippen LogP contribution in [0.2, 0.25) is 5.02 Å². The maximum Gasteiger partial charge on any atom is 0.339 e. The van der Waals surface area contributed by atoms with Crippen LogP contribution in [0.3, 0.4) is 0 Å². The topological polar surface area (TPSA) is 72.4 Å². The van der Waals surface area contributed by atoms with Crippen molar-refractivity contribution in [2.24, 2.45) is 0 Å². The fourth-order valence-electron chi connectivity index (χ4n) is 4.09. The lowest BCUT2D eigenvalue weighted by Gasteiger charge is -2.24. The molecule has 5 rings (SSSR count). The molecule has 0 saturated carbocycles. The number of esters is 1. The van der Waals surface area contributed by atoms with Gasteiger partial charge in [0.1, 0.15) is 6.33 Å². The molecule has 29 heavy (non-hydrogen) atoms. The van der Waals surface area contributed by atoms with Gasteiger partial charge in [0.05, 0.1) is 22.7 Å². The molecule has 0 aliphatic carbocycles. The number of halogens is 1. The number of rotatable bonds is 2. The van der Waals surface area contributed by atoms with Crippen LogP contribution in [0.25, 0.3) is 11.1 Å². The van der Waals surface area contributed by atoms with Gasteiger partial charge in [0.15, 0.2) is 5.60 Å². The predicted molar refractivity (Wildman–Crippen MR) is 107 cm³/mol. The molecule has 1 atom stereocenters. The highest BCUT2D eigenvalue weighted by Gasteiger charge is 2.51. The molecular weight excluding hydrogens is 390 g/mol. The largest absolute Gasteiger partial charge is 0.449 e. The summed E-state index contributed by atoms with van der Waals surface area (Å²) >= 11 is 6.43. The molecule has 2 aromatic carbocycles. The van der Waals surface area contributed by atoms with E-state index in [1.165, 1.54) is 6.33 Å². The summed E-state index contributed by atoms with van der Waals surface area (Å²) in [6.45, 7) is 0.810. The zero-order chi connectivity index (χ0) is 20.0. The molecule has 144 valence electrons. The van der Waals surface area contributed by atoms with Crippen LogP contribution < -0.4 is 0 Å². The van der Waals surface area contributed by atoms with E-state index in [1.807, 2.05) is 24.3 Å². The zero-order valence-corrected chi connectivity index (χ0v) is 16.1. The summed E-state index contributed by atoms with van der Waals surface area (Å²) < 4.78 is 5.72. The Bertz CT molecular complexity index is 1140. The lowest BCUT2D eigenvalue weighted by atomic mass is 9.91. The van der Waals surface area contributed by atoms with Crippen LogP contribution in [-0.4, -0.2) is 39.8 Å². The first-order valence-electron chi connectivity index (χ1n) is 9.24. The van der Waals surface area contributed by atoms with E-state index in [0.29, 0.717) is 35.7 Å². The molecule has 1 amide bonds. The Balaban J connectivity index is 1.41. The predicted octanol–water partition coefficient (Wildman–Crippen LogP) is 3.71. The van der Waals surface area contributed by atoms with Gasteiger partial charge in [0.25, 0.3) is 5.91 Å².